The maximum Gasteiger partial charge on any atom is 0.238 e. The second-order valence-electron chi connectivity index (χ2n) is 5.82. The molecule has 0 radical (unpaired) electrons. The molecule has 2 atom stereocenters. The highest BCUT2D eigenvalue weighted by atomic mass is 35.5. The predicted molar refractivity (Wildman–Crippen MR) is 92.2 cm³/mol. The molecular weight excluding hydrogens is 350 g/mol. The Kier molecular flexibility index (Phi) is 4.71. The Balaban J connectivity index is 1.61. The van der Waals surface area contributed by atoms with Crippen LogP contribution in [0.3, 0.4) is 0 Å². The van der Waals surface area contributed by atoms with Crippen molar-refractivity contribution in [1.29, 1.82) is 0 Å². The van der Waals surface area contributed by atoms with Crippen molar-refractivity contribution in [2.45, 2.75) is 17.2 Å². The van der Waals surface area contributed by atoms with Gasteiger partial charge >= 0.3 is 0 Å². The minimum Gasteiger partial charge on any atom is -0.493 e. The Bertz CT molecular complexity index is 836. The number of methoxy groups -OCH3 is 1. The summed E-state index contributed by atoms with van der Waals surface area (Å²) in [5.74, 6) is 2.02. The summed E-state index contributed by atoms with van der Waals surface area (Å²) in [6.07, 6.45) is 0.998. The minimum atomic E-state index is -3.65. The number of primary sulfonamides is 1. The zero-order chi connectivity index (χ0) is 17.3. The summed E-state index contributed by atoms with van der Waals surface area (Å²) in [4.78, 5) is 0.128. The first-order chi connectivity index (χ1) is 11.4. The second-order valence-corrected chi connectivity index (χ2v) is 7.82. The highest BCUT2D eigenvalue weighted by Gasteiger charge is 2.39. The molecule has 7 heteroatoms. The Morgan fingerprint density at radius 3 is 2.50 bits per heavy atom. The van der Waals surface area contributed by atoms with Crippen LogP contribution in [0.4, 0.5) is 0 Å². The smallest absolute Gasteiger partial charge is 0.238 e. The van der Waals surface area contributed by atoms with Crippen LogP contribution in [0.2, 0.25) is 5.02 Å². The lowest BCUT2D eigenvalue weighted by Crippen LogP contribution is -2.11. The second kappa shape index (κ2) is 6.63. The van der Waals surface area contributed by atoms with Gasteiger partial charge in [0.2, 0.25) is 10.0 Å². The molecule has 2 aromatic carbocycles. The van der Waals surface area contributed by atoms with E-state index in [1.807, 2.05) is 12.1 Å². The fourth-order valence-corrected chi connectivity index (χ4v) is 3.38. The molecule has 2 aromatic rings. The first-order valence-corrected chi connectivity index (χ1v) is 9.40. The number of hydrogen-bond donors (Lipinski definition) is 1. The van der Waals surface area contributed by atoms with Gasteiger partial charge in [0.15, 0.2) is 11.5 Å². The summed E-state index contributed by atoms with van der Waals surface area (Å²) in [6.45, 7) is 0.554. The summed E-state index contributed by atoms with van der Waals surface area (Å²) in [5.41, 5.74) is 1.09. The monoisotopic (exact) mass is 367 g/mol. The average Bonchev–Trinajstić information content (AvgIpc) is 3.32. The van der Waals surface area contributed by atoms with Crippen LogP contribution in [0.15, 0.2) is 47.4 Å². The Hall–Kier alpha value is -1.76. The number of benzene rings is 2. The first-order valence-electron chi connectivity index (χ1n) is 7.47. The zero-order valence-corrected chi connectivity index (χ0v) is 14.7. The van der Waals surface area contributed by atoms with Gasteiger partial charge in [0.25, 0.3) is 0 Å². The molecule has 3 rings (SSSR count). The van der Waals surface area contributed by atoms with Crippen LogP contribution in [0.5, 0.6) is 11.5 Å². The van der Waals surface area contributed by atoms with Crippen molar-refractivity contribution in [2.75, 3.05) is 13.7 Å². The number of sulfonamides is 1. The Morgan fingerprint density at radius 2 is 1.88 bits per heavy atom. The van der Waals surface area contributed by atoms with Gasteiger partial charge in [-0.2, -0.15) is 0 Å². The molecule has 0 aliphatic heterocycles. The van der Waals surface area contributed by atoms with Crippen molar-refractivity contribution < 1.29 is 17.9 Å². The largest absolute Gasteiger partial charge is 0.493 e. The van der Waals surface area contributed by atoms with Gasteiger partial charge in [-0.05, 0) is 42.2 Å². The van der Waals surface area contributed by atoms with Crippen LogP contribution in [-0.2, 0) is 10.0 Å². The van der Waals surface area contributed by atoms with Crippen LogP contribution >= 0.6 is 11.6 Å². The number of rotatable bonds is 6. The minimum absolute atomic E-state index is 0.128. The van der Waals surface area contributed by atoms with E-state index in [9.17, 15) is 8.42 Å². The predicted octanol–water partition coefficient (Wildman–Crippen LogP) is 3.18. The molecule has 0 heterocycles. The molecule has 0 bridgehead atoms. The van der Waals surface area contributed by atoms with E-state index < -0.39 is 10.0 Å². The van der Waals surface area contributed by atoms with E-state index in [0.717, 1.165) is 12.0 Å². The van der Waals surface area contributed by atoms with Gasteiger partial charge < -0.3 is 9.47 Å². The molecule has 1 fully saturated rings. The average molecular weight is 368 g/mol. The van der Waals surface area contributed by atoms with Crippen LogP contribution < -0.4 is 14.6 Å². The molecule has 0 unspecified atom stereocenters. The topological polar surface area (TPSA) is 78.6 Å². The van der Waals surface area contributed by atoms with Gasteiger partial charge in [-0.3, -0.25) is 0 Å². The molecular formula is C17H18ClNO4S. The van der Waals surface area contributed by atoms with Crippen molar-refractivity contribution >= 4 is 21.6 Å². The lowest BCUT2D eigenvalue weighted by Gasteiger charge is -2.11. The van der Waals surface area contributed by atoms with Gasteiger partial charge in [-0.25, -0.2) is 13.6 Å². The summed E-state index contributed by atoms with van der Waals surface area (Å²) in [5, 5.41) is 5.70. The van der Waals surface area contributed by atoms with Crippen LogP contribution in [0.1, 0.15) is 17.9 Å². The van der Waals surface area contributed by atoms with Crippen LogP contribution in [0.25, 0.3) is 0 Å². The third-order valence-electron chi connectivity index (χ3n) is 4.14. The molecule has 2 N–H and O–H groups in total. The van der Waals surface area contributed by atoms with Crippen molar-refractivity contribution in [3.05, 3.63) is 53.1 Å². The highest BCUT2D eigenvalue weighted by Crippen LogP contribution is 2.48. The van der Waals surface area contributed by atoms with E-state index in [2.05, 4.69) is 0 Å². The number of hydrogen-bond acceptors (Lipinski definition) is 4. The van der Waals surface area contributed by atoms with Crippen molar-refractivity contribution in [3.8, 4) is 11.5 Å². The van der Waals surface area contributed by atoms with Gasteiger partial charge in [0.05, 0.1) is 18.6 Å². The summed E-state index contributed by atoms with van der Waals surface area (Å²) in [7, 11) is -2.06. The quantitative estimate of drug-likeness (QED) is 0.850. The Labute approximate surface area is 146 Å². The van der Waals surface area contributed by atoms with E-state index in [4.69, 9.17) is 26.2 Å². The van der Waals surface area contributed by atoms with Crippen LogP contribution in [0, 0.1) is 5.92 Å². The number of halogens is 1. The molecule has 0 spiro atoms. The molecule has 1 aliphatic carbocycles. The maximum atomic E-state index is 11.3. The summed E-state index contributed by atoms with van der Waals surface area (Å²) >= 11 is 5.99. The van der Waals surface area contributed by atoms with E-state index >= 15 is 0 Å². The standard InChI is InChI=1S/C17H18ClNO4S/c1-22-16-7-4-13(18)9-17(16)23-10-12-8-15(12)11-2-5-14(6-3-11)24(19,20)21/h2-7,9,12,15H,8,10H2,1H3,(H2,19,20,21)/t12-,15-/m0/s1. The fraction of sp³-hybridized carbons (Fsp3) is 0.294. The van der Waals surface area contributed by atoms with Gasteiger partial charge in [-0.15, -0.1) is 0 Å². The van der Waals surface area contributed by atoms with Crippen LogP contribution in [-0.4, -0.2) is 22.1 Å². The molecule has 24 heavy (non-hydrogen) atoms. The molecule has 0 amide bonds. The molecule has 0 aromatic heterocycles. The summed E-state index contributed by atoms with van der Waals surface area (Å²) in [6, 6.07) is 12.0. The maximum absolute atomic E-state index is 11.3. The van der Waals surface area contributed by atoms with Gasteiger partial charge in [0.1, 0.15) is 0 Å². The normalized spacial score (nSPS) is 19.8. The van der Waals surface area contributed by atoms with Gasteiger partial charge in [0, 0.05) is 17.0 Å². The molecule has 5 nitrogen and oxygen atoms in total. The van der Waals surface area contributed by atoms with Gasteiger partial charge in [-0.1, -0.05) is 23.7 Å². The van der Waals surface area contributed by atoms with E-state index in [-0.39, 0.29) is 4.90 Å². The van der Waals surface area contributed by atoms with Crippen molar-refractivity contribution in [2.24, 2.45) is 11.1 Å². The van der Waals surface area contributed by atoms with E-state index in [1.165, 1.54) is 0 Å². The fourth-order valence-electron chi connectivity index (χ4n) is 2.70. The SMILES string of the molecule is COc1ccc(Cl)cc1OC[C@@H]1C[C@H]1c1ccc(S(N)(=O)=O)cc1. The number of ether oxygens (including phenoxy) is 2. The highest BCUT2D eigenvalue weighted by molar-refractivity contribution is 7.89. The van der Waals surface area contributed by atoms with Crippen molar-refractivity contribution in [1.82, 2.24) is 0 Å². The zero-order valence-electron chi connectivity index (χ0n) is 13.1. The van der Waals surface area contributed by atoms with Crippen molar-refractivity contribution in [3.63, 3.8) is 0 Å². The lowest BCUT2D eigenvalue weighted by molar-refractivity contribution is 0.278. The molecule has 128 valence electrons. The van der Waals surface area contributed by atoms with E-state index in [1.54, 1.807) is 37.4 Å². The third kappa shape index (κ3) is 3.83. The molecule has 0 saturated heterocycles. The number of nitrogens with two attached hydrogens (primary N) is 1. The van der Waals surface area contributed by atoms with E-state index in [0.29, 0.717) is 35.0 Å². The Morgan fingerprint density at radius 1 is 1.17 bits per heavy atom. The summed E-state index contributed by atoms with van der Waals surface area (Å²) < 4.78 is 33.6. The first kappa shape index (κ1) is 17.1. The molecule has 1 aliphatic rings. The lowest BCUT2D eigenvalue weighted by atomic mass is 10.1. The molecule has 1 saturated carbocycles. The third-order valence-corrected chi connectivity index (χ3v) is 5.30.